The Bertz CT molecular complexity index is 250. The van der Waals surface area contributed by atoms with Crippen molar-refractivity contribution in [2.24, 2.45) is 21.9 Å². The monoisotopic (exact) mass is 181 g/mol. The average Bonchev–Trinajstić information content (AvgIpc) is 1.82. The zero-order chi connectivity index (χ0) is 10.6. The number of rotatable bonds is 2. The highest BCUT2D eigenvalue weighted by molar-refractivity contribution is 5.77. The highest BCUT2D eigenvalue weighted by Crippen LogP contribution is 2.28. The molecule has 13 heavy (non-hydrogen) atoms. The Morgan fingerprint density at radius 3 is 2.00 bits per heavy atom. The molecule has 0 saturated carbocycles. The number of hydrogen-bond donors (Lipinski definition) is 2. The maximum atomic E-state index is 5.29. The van der Waals surface area contributed by atoms with Crippen LogP contribution in [0, 0.1) is 5.41 Å². The van der Waals surface area contributed by atoms with Crippen LogP contribution in [0.4, 0.5) is 0 Å². The van der Waals surface area contributed by atoms with Crippen molar-refractivity contribution < 1.29 is 0 Å². The second-order valence-electron chi connectivity index (χ2n) is 3.99. The van der Waals surface area contributed by atoms with E-state index in [1.165, 1.54) is 0 Å². The lowest BCUT2D eigenvalue weighted by Gasteiger charge is -2.21. The summed E-state index contributed by atoms with van der Waals surface area (Å²) < 4.78 is 0. The summed E-state index contributed by atoms with van der Waals surface area (Å²) in [6.07, 6.45) is 1.79. The molecule has 3 heteroatoms. The summed E-state index contributed by atoms with van der Waals surface area (Å²) in [5, 5.41) is 0. The van der Waals surface area contributed by atoms with E-state index in [-0.39, 0.29) is 11.4 Å². The first-order valence-electron chi connectivity index (χ1n) is 4.22. The molecule has 3 nitrogen and oxygen atoms in total. The molecule has 0 aromatic carbocycles. The van der Waals surface area contributed by atoms with Gasteiger partial charge < -0.3 is 11.5 Å². The Morgan fingerprint density at radius 1 is 1.31 bits per heavy atom. The third-order valence-corrected chi connectivity index (χ3v) is 1.70. The number of allylic oxidation sites excluding steroid dienone is 3. The van der Waals surface area contributed by atoms with E-state index in [2.05, 4.69) is 32.3 Å². The number of hydrogen-bond acceptors (Lipinski definition) is 1. The molecule has 4 N–H and O–H groups in total. The van der Waals surface area contributed by atoms with Gasteiger partial charge >= 0.3 is 0 Å². The fourth-order valence-corrected chi connectivity index (χ4v) is 1.25. The van der Waals surface area contributed by atoms with Crippen LogP contribution < -0.4 is 11.5 Å². The molecule has 0 radical (unpaired) electrons. The molecule has 0 aliphatic carbocycles. The van der Waals surface area contributed by atoms with E-state index >= 15 is 0 Å². The van der Waals surface area contributed by atoms with E-state index in [0.717, 1.165) is 11.3 Å². The van der Waals surface area contributed by atoms with Gasteiger partial charge in [-0.1, -0.05) is 33.4 Å². The minimum absolute atomic E-state index is 0.0186. The summed E-state index contributed by atoms with van der Waals surface area (Å²) in [4.78, 5) is 4.00. The zero-order valence-electron chi connectivity index (χ0n) is 8.89. The van der Waals surface area contributed by atoms with Crippen molar-refractivity contribution >= 4 is 5.96 Å². The summed E-state index contributed by atoms with van der Waals surface area (Å²) in [5.41, 5.74) is 12.5. The normalized spacial score (nSPS) is 13.2. The molecule has 0 aliphatic heterocycles. The molecule has 0 bridgehead atoms. The molecule has 0 heterocycles. The average molecular weight is 181 g/mol. The molecular weight excluding hydrogens is 162 g/mol. The minimum Gasteiger partial charge on any atom is -0.370 e. The first-order valence-corrected chi connectivity index (χ1v) is 4.22. The van der Waals surface area contributed by atoms with Crippen LogP contribution in [0.3, 0.4) is 0 Å². The molecule has 0 aromatic rings. The highest BCUT2D eigenvalue weighted by atomic mass is 15.0. The molecule has 0 rings (SSSR count). The van der Waals surface area contributed by atoms with Crippen molar-refractivity contribution in [3.05, 3.63) is 23.9 Å². The van der Waals surface area contributed by atoms with Crippen LogP contribution in [0.2, 0.25) is 0 Å². The van der Waals surface area contributed by atoms with E-state index < -0.39 is 0 Å². The molecule has 74 valence electrons. The standard InChI is InChI=1S/C10H19N3/c1-6-8(10(3,4)5)7(2)13-9(11)12/h6H,1H2,2-5H3,(H4,11,12,13)/b8-7+. The van der Waals surface area contributed by atoms with Crippen LogP contribution >= 0.6 is 0 Å². The van der Waals surface area contributed by atoms with Gasteiger partial charge in [0.2, 0.25) is 0 Å². The minimum atomic E-state index is 0.0186. The van der Waals surface area contributed by atoms with Crippen molar-refractivity contribution in [1.29, 1.82) is 0 Å². The molecule has 0 unspecified atom stereocenters. The lowest BCUT2D eigenvalue weighted by atomic mass is 9.85. The van der Waals surface area contributed by atoms with Crippen molar-refractivity contribution in [2.45, 2.75) is 27.7 Å². The van der Waals surface area contributed by atoms with Crippen LogP contribution in [0.1, 0.15) is 27.7 Å². The second kappa shape index (κ2) is 4.12. The lowest BCUT2D eigenvalue weighted by molar-refractivity contribution is 0.511. The van der Waals surface area contributed by atoms with Gasteiger partial charge in [-0.3, -0.25) is 0 Å². The van der Waals surface area contributed by atoms with Crippen LogP contribution in [0.25, 0.3) is 0 Å². The van der Waals surface area contributed by atoms with Gasteiger partial charge in [0.15, 0.2) is 5.96 Å². The van der Waals surface area contributed by atoms with Crippen LogP contribution in [0.5, 0.6) is 0 Å². The first kappa shape index (κ1) is 11.8. The maximum Gasteiger partial charge on any atom is 0.190 e. The Balaban J connectivity index is 5.15. The number of guanidine groups is 1. The topological polar surface area (TPSA) is 64.4 Å². The molecule has 0 saturated heterocycles. The summed E-state index contributed by atoms with van der Waals surface area (Å²) in [5.74, 6) is 0.0844. The van der Waals surface area contributed by atoms with Crippen LogP contribution in [-0.2, 0) is 0 Å². The Labute approximate surface area is 80.2 Å². The number of aliphatic imine (C=N–C) groups is 1. The number of nitrogens with two attached hydrogens (primary N) is 2. The summed E-state index contributed by atoms with van der Waals surface area (Å²) in [7, 11) is 0. The highest BCUT2D eigenvalue weighted by Gasteiger charge is 2.16. The fourth-order valence-electron chi connectivity index (χ4n) is 1.25. The molecule has 0 fully saturated rings. The van der Waals surface area contributed by atoms with Crippen molar-refractivity contribution in [1.82, 2.24) is 0 Å². The largest absolute Gasteiger partial charge is 0.370 e. The van der Waals surface area contributed by atoms with Crippen LogP contribution in [0.15, 0.2) is 28.9 Å². The molecule has 0 aliphatic rings. The van der Waals surface area contributed by atoms with Gasteiger partial charge in [-0.15, -0.1) is 0 Å². The zero-order valence-corrected chi connectivity index (χ0v) is 8.89. The molecule has 0 amide bonds. The van der Waals surface area contributed by atoms with Gasteiger partial charge in [-0.05, 0) is 17.9 Å². The molecule has 0 spiro atoms. The maximum absolute atomic E-state index is 5.29. The van der Waals surface area contributed by atoms with E-state index in [1.54, 1.807) is 6.08 Å². The quantitative estimate of drug-likeness (QED) is 0.387. The van der Waals surface area contributed by atoms with Gasteiger partial charge in [0.1, 0.15) is 0 Å². The van der Waals surface area contributed by atoms with E-state index in [1.807, 2.05) is 6.92 Å². The summed E-state index contributed by atoms with van der Waals surface area (Å²) in [6.45, 7) is 11.9. The van der Waals surface area contributed by atoms with E-state index in [9.17, 15) is 0 Å². The van der Waals surface area contributed by atoms with Crippen molar-refractivity contribution in [3.63, 3.8) is 0 Å². The Morgan fingerprint density at radius 2 is 1.77 bits per heavy atom. The van der Waals surface area contributed by atoms with Gasteiger partial charge in [0.05, 0.1) is 0 Å². The lowest BCUT2D eigenvalue weighted by Crippen LogP contribution is -2.23. The van der Waals surface area contributed by atoms with Gasteiger partial charge in [-0.25, -0.2) is 4.99 Å². The summed E-state index contributed by atoms with van der Waals surface area (Å²) in [6, 6.07) is 0. The second-order valence-corrected chi connectivity index (χ2v) is 3.99. The van der Waals surface area contributed by atoms with Crippen molar-refractivity contribution in [2.75, 3.05) is 0 Å². The molecular formula is C10H19N3. The first-order chi connectivity index (χ1) is 5.79. The predicted octanol–water partition coefficient (Wildman–Crippen LogP) is 1.77. The third kappa shape index (κ3) is 3.78. The summed E-state index contributed by atoms with van der Waals surface area (Å²) >= 11 is 0. The molecule has 0 atom stereocenters. The third-order valence-electron chi connectivity index (χ3n) is 1.70. The van der Waals surface area contributed by atoms with Crippen LogP contribution in [-0.4, -0.2) is 5.96 Å². The predicted molar refractivity (Wildman–Crippen MR) is 58.2 cm³/mol. The van der Waals surface area contributed by atoms with E-state index in [0.29, 0.717) is 0 Å². The van der Waals surface area contributed by atoms with Gasteiger partial charge in [-0.2, -0.15) is 0 Å². The SMILES string of the molecule is C=C/C(=C(/C)N=C(N)N)C(C)(C)C. The number of nitrogens with zero attached hydrogens (tertiary/aromatic N) is 1. The smallest absolute Gasteiger partial charge is 0.190 e. The fraction of sp³-hybridized carbons (Fsp3) is 0.500. The van der Waals surface area contributed by atoms with Gasteiger partial charge in [0, 0.05) is 5.70 Å². The van der Waals surface area contributed by atoms with Crippen molar-refractivity contribution in [3.8, 4) is 0 Å². The molecule has 0 aromatic heterocycles. The van der Waals surface area contributed by atoms with Gasteiger partial charge in [0.25, 0.3) is 0 Å². The van der Waals surface area contributed by atoms with E-state index in [4.69, 9.17) is 11.5 Å². The Kier molecular flexibility index (Phi) is 3.72. The Hall–Kier alpha value is -1.25.